The van der Waals surface area contributed by atoms with Crippen LogP contribution in [0.25, 0.3) is 0 Å². The third kappa shape index (κ3) is 3.73. The lowest BCUT2D eigenvalue weighted by molar-refractivity contribution is 0.0717. The van der Waals surface area contributed by atoms with Gasteiger partial charge in [-0.2, -0.15) is 11.8 Å². The maximum Gasteiger partial charge on any atom is 0.251 e. The molecular weight excluding hydrogens is 277 g/mol. The van der Waals surface area contributed by atoms with E-state index in [2.05, 4.69) is 5.32 Å². The molecule has 0 heterocycles. The number of nitrogens with one attached hydrogen (secondary N) is 1. The largest absolute Gasteiger partial charge is 0.391 e. The van der Waals surface area contributed by atoms with Gasteiger partial charge in [0.05, 0.1) is 12.1 Å². The number of carbonyl (C=O) groups excluding carboxylic acids is 1. The van der Waals surface area contributed by atoms with Crippen molar-refractivity contribution in [3.05, 3.63) is 35.1 Å². The lowest BCUT2D eigenvalue weighted by Gasteiger charge is -2.28. The van der Waals surface area contributed by atoms with E-state index in [1.165, 1.54) is 23.9 Å². The summed E-state index contributed by atoms with van der Waals surface area (Å²) in [6.07, 6.45) is 4.96. The minimum Gasteiger partial charge on any atom is -0.391 e. The van der Waals surface area contributed by atoms with Gasteiger partial charge in [0.25, 0.3) is 5.91 Å². The molecule has 110 valence electrons. The summed E-state index contributed by atoms with van der Waals surface area (Å²) in [5.41, 5.74) is 0.988. The standard InChI is InChI=1S/C15H20FNO2S/c1-20-9-11-8-10(6-7-12(11)16)15(19)17-13-4-2-3-5-14(13)18/h6-8,13-14,18H,2-5,9H2,1H3,(H,17,19). The Balaban J connectivity index is 2.06. The Bertz CT molecular complexity index is 481. The van der Waals surface area contributed by atoms with E-state index in [-0.39, 0.29) is 17.8 Å². The zero-order chi connectivity index (χ0) is 14.5. The van der Waals surface area contributed by atoms with E-state index in [9.17, 15) is 14.3 Å². The molecule has 0 aromatic heterocycles. The Labute approximate surface area is 123 Å². The van der Waals surface area contributed by atoms with Crippen LogP contribution < -0.4 is 5.32 Å². The first-order chi connectivity index (χ1) is 9.61. The summed E-state index contributed by atoms with van der Waals surface area (Å²) in [4.78, 5) is 12.2. The van der Waals surface area contributed by atoms with Gasteiger partial charge >= 0.3 is 0 Å². The van der Waals surface area contributed by atoms with Gasteiger partial charge in [0.15, 0.2) is 0 Å². The van der Waals surface area contributed by atoms with Crippen molar-refractivity contribution in [2.24, 2.45) is 0 Å². The van der Waals surface area contributed by atoms with Crippen molar-refractivity contribution in [3.8, 4) is 0 Å². The van der Waals surface area contributed by atoms with E-state index in [1.807, 2.05) is 6.26 Å². The molecule has 20 heavy (non-hydrogen) atoms. The predicted molar refractivity (Wildman–Crippen MR) is 79.3 cm³/mol. The van der Waals surface area contributed by atoms with Gasteiger partial charge in [0.1, 0.15) is 5.82 Å². The van der Waals surface area contributed by atoms with Crippen molar-refractivity contribution in [2.75, 3.05) is 6.26 Å². The van der Waals surface area contributed by atoms with Crippen molar-refractivity contribution in [3.63, 3.8) is 0 Å². The minimum absolute atomic E-state index is 0.190. The van der Waals surface area contributed by atoms with Gasteiger partial charge in [-0.1, -0.05) is 12.8 Å². The van der Waals surface area contributed by atoms with Gasteiger partial charge < -0.3 is 10.4 Å². The van der Waals surface area contributed by atoms with Crippen molar-refractivity contribution >= 4 is 17.7 Å². The fourth-order valence-electron chi connectivity index (χ4n) is 2.51. The lowest BCUT2D eigenvalue weighted by Crippen LogP contribution is -2.45. The third-order valence-electron chi connectivity index (χ3n) is 3.65. The van der Waals surface area contributed by atoms with Crippen molar-refractivity contribution in [1.82, 2.24) is 5.32 Å². The lowest BCUT2D eigenvalue weighted by atomic mass is 9.92. The topological polar surface area (TPSA) is 49.3 Å². The number of thioether (sulfide) groups is 1. The number of carbonyl (C=O) groups is 1. The molecule has 0 saturated heterocycles. The summed E-state index contributed by atoms with van der Waals surface area (Å²) < 4.78 is 13.6. The second-order valence-corrected chi connectivity index (χ2v) is 6.04. The van der Waals surface area contributed by atoms with Crippen molar-refractivity contribution in [1.29, 1.82) is 0 Å². The zero-order valence-corrected chi connectivity index (χ0v) is 12.4. The quantitative estimate of drug-likeness (QED) is 0.898. The Morgan fingerprint density at radius 2 is 2.20 bits per heavy atom. The summed E-state index contributed by atoms with van der Waals surface area (Å²) in [5, 5.41) is 12.7. The molecular formula is C15H20FNO2S. The highest BCUT2D eigenvalue weighted by Crippen LogP contribution is 2.20. The van der Waals surface area contributed by atoms with Crippen LogP contribution in [0.4, 0.5) is 4.39 Å². The Kier molecular flexibility index (Phi) is 5.43. The van der Waals surface area contributed by atoms with E-state index >= 15 is 0 Å². The summed E-state index contributed by atoms with van der Waals surface area (Å²) in [5.74, 6) is 0.0193. The summed E-state index contributed by atoms with van der Waals surface area (Å²) >= 11 is 1.51. The van der Waals surface area contributed by atoms with Crippen LogP contribution in [0.15, 0.2) is 18.2 Å². The highest BCUT2D eigenvalue weighted by atomic mass is 32.2. The second-order valence-electron chi connectivity index (χ2n) is 5.17. The number of amides is 1. The van der Waals surface area contributed by atoms with Gasteiger partial charge in [0.2, 0.25) is 0 Å². The molecule has 0 bridgehead atoms. The highest BCUT2D eigenvalue weighted by Gasteiger charge is 2.25. The molecule has 1 aliphatic carbocycles. The molecule has 1 saturated carbocycles. The maximum absolute atomic E-state index is 13.6. The number of rotatable bonds is 4. The van der Waals surface area contributed by atoms with Gasteiger partial charge in [-0.3, -0.25) is 4.79 Å². The average molecular weight is 297 g/mol. The van der Waals surface area contributed by atoms with Crippen LogP contribution in [-0.2, 0) is 5.75 Å². The fraction of sp³-hybridized carbons (Fsp3) is 0.533. The molecule has 2 atom stereocenters. The first-order valence-electron chi connectivity index (χ1n) is 6.88. The molecule has 0 radical (unpaired) electrons. The van der Waals surface area contributed by atoms with Crippen LogP contribution in [0, 0.1) is 5.82 Å². The van der Waals surface area contributed by atoms with Crippen LogP contribution in [0.3, 0.4) is 0 Å². The predicted octanol–water partition coefficient (Wildman–Crippen LogP) is 2.72. The van der Waals surface area contributed by atoms with Gasteiger partial charge in [-0.25, -0.2) is 4.39 Å². The molecule has 1 aliphatic rings. The number of hydrogen-bond donors (Lipinski definition) is 2. The Hall–Kier alpha value is -1.07. The summed E-state index contributed by atoms with van der Waals surface area (Å²) in [6.45, 7) is 0. The van der Waals surface area contributed by atoms with E-state index in [4.69, 9.17) is 0 Å². The van der Waals surface area contributed by atoms with Gasteiger partial charge in [-0.05, 0) is 42.9 Å². The molecule has 1 amide bonds. The second kappa shape index (κ2) is 7.09. The first-order valence-corrected chi connectivity index (χ1v) is 8.27. The molecule has 1 fully saturated rings. The minimum atomic E-state index is -0.473. The van der Waals surface area contributed by atoms with Crippen LogP contribution in [0.1, 0.15) is 41.6 Å². The number of aliphatic hydroxyl groups is 1. The molecule has 2 N–H and O–H groups in total. The Morgan fingerprint density at radius 1 is 1.45 bits per heavy atom. The molecule has 2 rings (SSSR count). The maximum atomic E-state index is 13.6. The van der Waals surface area contributed by atoms with Gasteiger partial charge in [-0.15, -0.1) is 0 Å². The Morgan fingerprint density at radius 3 is 2.90 bits per heavy atom. The highest BCUT2D eigenvalue weighted by molar-refractivity contribution is 7.97. The third-order valence-corrected chi connectivity index (χ3v) is 4.25. The van der Waals surface area contributed by atoms with Crippen molar-refractivity contribution in [2.45, 2.75) is 43.6 Å². The van der Waals surface area contributed by atoms with E-state index < -0.39 is 6.10 Å². The molecule has 1 aromatic rings. The smallest absolute Gasteiger partial charge is 0.251 e. The first kappa shape index (κ1) is 15.3. The molecule has 5 heteroatoms. The fourth-order valence-corrected chi connectivity index (χ4v) is 3.05. The number of aliphatic hydroxyl groups excluding tert-OH is 1. The molecule has 0 spiro atoms. The normalized spacial score (nSPS) is 22.6. The molecule has 3 nitrogen and oxygen atoms in total. The number of benzene rings is 1. The molecule has 2 unspecified atom stereocenters. The van der Waals surface area contributed by atoms with Crippen molar-refractivity contribution < 1.29 is 14.3 Å². The average Bonchev–Trinajstić information content (AvgIpc) is 2.44. The van der Waals surface area contributed by atoms with E-state index in [0.29, 0.717) is 16.9 Å². The summed E-state index contributed by atoms with van der Waals surface area (Å²) in [7, 11) is 0. The van der Waals surface area contributed by atoms with Gasteiger partial charge in [0, 0.05) is 11.3 Å². The number of halogens is 1. The van der Waals surface area contributed by atoms with Crippen LogP contribution >= 0.6 is 11.8 Å². The molecule has 0 aliphatic heterocycles. The SMILES string of the molecule is CSCc1cc(C(=O)NC2CCCCC2O)ccc1F. The van der Waals surface area contributed by atoms with Crippen LogP contribution in [-0.4, -0.2) is 29.4 Å². The number of hydrogen-bond acceptors (Lipinski definition) is 3. The van der Waals surface area contributed by atoms with E-state index in [1.54, 1.807) is 6.07 Å². The summed E-state index contributed by atoms with van der Waals surface area (Å²) in [6, 6.07) is 4.22. The monoisotopic (exact) mass is 297 g/mol. The van der Waals surface area contributed by atoms with E-state index in [0.717, 1.165) is 25.7 Å². The van der Waals surface area contributed by atoms with Crippen LogP contribution in [0.2, 0.25) is 0 Å². The zero-order valence-electron chi connectivity index (χ0n) is 11.6. The molecule has 1 aromatic carbocycles. The van der Waals surface area contributed by atoms with Crippen LogP contribution in [0.5, 0.6) is 0 Å².